The highest BCUT2D eigenvalue weighted by Gasteiger charge is 2.34. The number of aliphatic imine (C=N–C) groups is 2. The molecule has 0 radical (unpaired) electrons. The third-order valence-corrected chi connectivity index (χ3v) is 4.60. The van der Waals surface area contributed by atoms with Gasteiger partial charge in [-0.3, -0.25) is 4.90 Å². The molecular formula is C22H16F2N4O2. The van der Waals surface area contributed by atoms with E-state index >= 15 is 0 Å². The fourth-order valence-corrected chi connectivity index (χ4v) is 3.15. The SMILES string of the molecule is O=C(/N=C1/C2C=CC=CC2=NC(=O)N1Cc1ccc(F)cc1)Nc1ccccc1F. The zero-order chi connectivity index (χ0) is 21.1. The van der Waals surface area contributed by atoms with Gasteiger partial charge in [-0.05, 0) is 35.9 Å². The van der Waals surface area contributed by atoms with Crippen molar-refractivity contribution in [2.45, 2.75) is 6.54 Å². The Morgan fingerprint density at radius 1 is 1.10 bits per heavy atom. The van der Waals surface area contributed by atoms with Crippen molar-refractivity contribution in [2.24, 2.45) is 15.9 Å². The van der Waals surface area contributed by atoms with Crippen LogP contribution in [0.15, 0.2) is 82.8 Å². The summed E-state index contributed by atoms with van der Waals surface area (Å²) in [6.07, 6.45) is 6.93. The Kier molecular flexibility index (Phi) is 5.30. The molecule has 2 aliphatic rings. The van der Waals surface area contributed by atoms with Gasteiger partial charge in [0.2, 0.25) is 0 Å². The molecule has 1 aliphatic heterocycles. The predicted octanol–water partition coefficient (Wildman–Crippen LogP) is 4.71. The van der Waals surface area contributed by atoms with Gasteiger partial charge in [-0.1, -0.05) is 42.5 Å². The lowest BCUT2D eigenvalue weighted by Crippen LogP contribution is -2.46. The summed E-state index contributed by atoms with van der Waals surface area (Å²) in [7, 11) is 0. The van der Waals surface area contributed by atoms with E-state index in [-0.39, 0.29) is 18.1 Å². The number of para-hydroxylation sites is 1. The van der Waals surface area contributed by atoms with Crippen LogP contribution in [-0.2, 0) is 6.54 Å². The van der Waals surface area contributed by atoms with Gasteiger partial charge in [0.25, 0.3) is 0 Å². The summed E-state index contributed by atoms with van der Waals surface area (Å²) in [5.74, 6) is -1.36. The maximum atomic E-state index is 13.9. The standard InChI is InChI=1S/C22H16F2N4O2/c23-15-11-9-14(10-12-15)13-28-20(16-5-1-3-7-18(16)26-22(28)30)27-21(29)25-19-8-4-2-6-17(19)24/h1-12,16H,13H2,(H,25,29)/b27-20-. The molecule has 2 aromatic carbocycles. The summed E-state index contributed by atoms with van der Waals surface area (Å²) in [4.78, 5) is 34.6. The lowest BCUT2D eigenvalue weighted by molar-refractivity contribution is 0.226. The fraction of sp³-hybridized carbons (Fsp3) is 0.0909. The number of hydrogen-bond acceptors (Lipinski definition) is 2. The number of urea groups is 2. The van der Waals surface area contributed by atoms with Crippen LogP contribution in [0.3, 0.4) is 0 Å². The maximum Gasteiger partial charge on any atom is 0.349 e. The molecule has 4 rings (SSSR count). The van der Waals surface area contributed by atoms with E-state index in [0.717, 1.165) is 0 Å². The zero-order valence-electron chi connectivity index (χ0n) is 15.6. The third kappa shape index (κ3) is 4.07. The van der Waals surface area contributed by atoms with E-state index in [2.05, 4.69) is 15.3 Å². The van der Waals surface area contributed by atoms with Crippen LogP contribution in [-0.4, -0.2) is 28.5 Å². The predicted molar refractivity (Wildman–Crippen MR) is 109 cm³/mol. The molecular weight excluding hydrogens is 390 g/mol. The number of nitrogens with zero attached hydrogens (tertiary/aromatic N) is 3. The minimum Gasteiger partial charge on any atom is -0.303 e. The molecule has 1 atom stereocenters. The van der Waals surface area contributed by atoms with Crippen LogP contribution in [0.5, 0.6) is 0 Å². The highest BCUT2D eigenvalue weighted by molar-refractivity contribution is 6.24. The molecule has 30 heavy (non-hydrogen) atoms. The van der Waals surface area contributed by atoms with Crippen molar-refractivity contribution in [2.75, 3.05) is 5.32 Å². The Morgan fingerprint density at radius 3 is 2.63 bits per heavy atom. The number of hydrogen-bond donors (Lipinski definition) is 1. The van der Waals surface area contributed by atoms with Crippen molar-refractivity contribution in [1.29, 1.82) is 0 Å². The summed E-state index contributed by atoms with van der Waals surface area (Å²) in [5.41, 5.74) is 1.07. The summed E-state index contributed by atoms with van der Waals surface area (Å²) in [5, 5.41) is 2.39. The van der Waals surface area contributed by atoms with Gasteiger partial charge in [0.1, 0.15) is 17.5 Å². The molecule has 0 bridgehead atoms. The zero-order valence-corrected chi connectivity index (χ0v) is 15.6. The molecule has 2 aromatic rings. The average Bonchev–Trinajstić information content (AvgIpc) is 2.73. The molecule has 0 aromatic heterocycles. The number of amidine groups is 1. The Balaban J connectivity index is 1.67. The minimum absolute atomic E-state index is 0.0213. The number of anilines is 1. The summed E-state index contributed by atoms with van der Waals surface area (Å²) < 4.78 is 27.1. The van der Waals surface area contributed by atoms with Gasteiger partial charge < -0.3 is 5.32 Å². The molecule has 1 aliphatic carbocycles. The minimum atomic E-state index is -0.823. The van der Waals surface area contributed by atoms with Gasteiger partial charge in [0.05, 0.1) is 23.9 Å². The van der Waals surface area contributed by atoms with Crippen LogP contribution < -0.4 is 5.32 Å². The van der Waals surface area contributed by atoms with E-state index in [9.17, 15) is 18.4 Å². The Hall–Kier alpha value is -3.94. The van der Waals surface area contributed by atoms with Crippen molar-refractivity contribution < 1.29 is 18.4 Å². The summed E-state index contributed by atoms with van der Waals surface area (Å²) >= 11 is 0. The highest BCUT2D eigenvalue weighted by atomic mass is 19.1. The topological polar surface area (TPSA) is 74.1 Å². The molecule has 6 nitrogen and oxygen atoms in total. The summed E-state index contributed by atoms with van der Waals surface area (Å²) in [6.45, 7) is 0.0513. The van der Waals surface area contributed by atoms with Crippen molar-refractivity contribution >= 4 is 29.3 Å². The third-order valence-electron chi connectivity index (χ3n) is 4.60. The maximum absolute atomic E-state index is 13.9. The van der Waals surface area contributed by atoms with Crippen molar-refractivity contribution in [3.8, 4) is 0 Å². The van der Waals surface area contributed by atoms with Crippen molar-refractivity contribution in [3.05, 3.63) is 90.0 Å². The number of carbonyl (C=O) groups is 2. The van der Waals surface area contributed by atoms with Crippen LogP contribution in [0.2, 0.25) is 0 Å². The molecule has 0 spiro atoms. The van der Waals surface area contributed by atoms with Crippen LogP contribution >= 0.6 is 0 Å². The lowest BCUT2D eigenvalue weighted by atomic mass is 9.94. The number of amides is 4. The number of halogens is 2. The molecule has 0 saturated heterocycles. The van der Waals surface area contributed by atoms with Gasteiger partial charge in [-0.25, -0.2) is 18.4 Å². The number of allylic oxidation sites excluding steroid dienone is 3. The first kappa shape index (κ1) is 19.4. The van der Waals surface area contributed by atoms with Crippen molar-refractivity contribution in [3.63, 3.8) is 0 Å². The average molecular weight is 406 g/mol. The first-order chi connectivity index (χ1) is 14.5. The van der Waals surface area contributed by atoms with Crippen LogP contribution in [0.4, 0.5) is 24.1 Å². The fourth-order valence-electron chi connectivity index (χ4n) is 3.15. The smallest absolute Gasteiger partial charge is 0.303 e. The van der Waals surface area contributed by atoms with Gasteiger partial charge in [0.15, 0.2) is 0 Å². The number of nitrogens with one attached hydrogen (secondary N) is 1. The molecule has 1 heterocycles. The van der Waals surface area contributed by atoms with Crippen molar-refractivity contribution in [1.82, 2.24) is 4.90 Å². The Bertz CT molecular complexity index is 1120. The van der Waals surface area contributed by atoms with E-state index in [0.29, 0.717) is 11.3 Å². The molecule has 0 saturated carbocycles. The second kappa shape index (κ2) is 8.20. The molecule has 0 fully saturated rings. The molecule has 150 valence electrons. The molecule has 1 unspecified atom stereocenters. The monoisotopic (exact) mass is 406 g/mol. The lowest BCUT2D eigenvalue weighted by Gasteiger charge is -2.31. The number of benzene rings is 2. The number of fused-ring (bicyclic) bond motifs is 1. The van der Waals surface area contributed by atoms with Gasteiger partial charge >= 0.3 is 12.1 Å². The van der Waals surface area contributed by atoms with Gasteiger partial charge in [-0.15, -0.1) is 0 Å². The number of carbonyl (C=O) groups excluding carboxylic acids is 2. The van der Waals surface area contributed by atoms with Crippen LogP contribution in [0.1, 0.15) is 5.56 Å². The van der Waals surface area contributed by atoms with E-state index in [1.54, 1.807) is 30.4 Å². The van der Waals surface area contributed by atoms with Gasteiger partial charge in [-0.2, -0.15) is 9.98 Å². The second-order valence-electron chi connectivity index (χ2n) is 6.63. The molecule has 8 heteroatoms. The first-order valence-corrected chi connectivity index (χ1v) is 9.15. The van der Waals surface area contributed by atoms with E-state index < -0.39 is 29.6 Å². The first-order valence-electron chi connectivity index (χ1n) is 9.15. The largest absolute Gasteiger partial charge is 0.349 e. The second-order valence-corrected chi connectivity index (χ2v) is 6.63. The molecule has 1 N–H and O–H groups in total. The van der Waals surface area contributed by atoms with Gasteiger partial charge in [0, 0.05) is 0 Å². The van der Waals surface area contributed by atoms with E-state index in [1.165, 1.54) is 47.4 Å². The van der Waals surface area contributed by atoms with E-state index in [4.69, 9.17) is 0 Å². The quantitative estimate of drug-likeness (QED) is 0.801. The Morgan fingerprint density at radius 2 is 1.87 bits per heavy atom. The molecule has 4 amide bonds. The highest BCUT2D eigenvalue weighted by Crippen LogP contribution is 2.23. The van der Waals surface area contributed by atoms with E-state index in [1.807, 2.05) is 0 Å². The Labute approximate surface area is 171 Å². The van der Waals surface area contributed by atoms with Crippen LogP contribution in [0, 0.1) is 17.6 Å². The number of rotatable bonds is 3. The summed E-state index contributed by atoms with van der Waals surface area (Å²) in [6, 6.07) is 9.93. The van der Waals surface area contributed by atoms with Crippen LogP contribution in [0.25, 0.3) is 0 Å². The normalized spacial score (nSPS) is 18.9.